The molecule has 0 atom stereocenters. The summed E-state index contributed by atoms with van der Waals surface area (Å²) in [5, 5.41) is 0. The topological polar surface area (TPSA) is 17.1 Å². The van der Waals surface area contributed by atoms with Crippen molar-refractivity contribution in [1.82, 2.24) is 0 Å². The SMILES string of the molecule is Cc1ccc(CC(=O)Br)cc1. The Morgan fingerprint density at radius 2 is 1.91 bits per heavy atom. The summed E-state index contributed by atoms with van der Waals surface area (Å²) in [4.78, 5) is 10.6. The quantitative estimate of drug-likeness (QED) is 0.689. The van der Waals surface area contributed by atoms with E-state index in [9.17, 15) is 4.79 Å². The molecule has 0 unspecified atom stereocenters. The minimum Gasteiger partial charge on any atom is -0.286 e. The van der Waals surface area contributed by atoms with Crippen molar-refractivity contribution in [2.24, 2.45) is 0 Å². The van der Waals surface area contributed by atoms with Crippen molar-refractivity contribution in [2.45, 2.75) is 13.3 Å². The van der Waals surface area contributed by atoms with E-state index in [1.54, 1.807) is 0 Å². The van der Waals surface area contributed by atoms with Crippen molar-refractivity contribution in [1.29, 1.82) is 0 Å². The number of rotatable bonds is 2. The number of hydrogen-bond donors (Lipinski definition) is 0. The van der Waals surface area contributed by atoms with Crippen LogP contribution in [0.25, 0.3) is 0 Å². The van der Waals surface area contributed by atoms with Crippen LogP contribution >= 0.6 is 15.9 Å². The van der Waals surface area contributed by atoms with Gasteiger partial charge in [-0.15, -0.1) is 0 Å². The smallest absolute Gasteiger partial charge is 0.202 e. The molecule has 1 rings (SSSR count). The van der Waals surface area contributed by atoms with Crippen molar-refractivity contribution in [3.05, 3.63) is 35.4 Å². The Bertz CT molecular complexity index is 251. The lowest BCUT2D eigenvalue weighted by atomic mass is 10.1. The maximum absolute atomic E-state index is 10.6. The van der Waals surface area contributed by atoms with Crippen LogP contribution in [0.1, 0.15) is 11.1 Å². The van der Waals surface area contributed by atoms with Gasteiger partial charge >= 0.3 is 0 Å². The van der Waals surface area contributed by atoms with E-state index in [2.05, 4.69) is 15.9 Å². The first-order valence-electron chi connectivity index (χ1n) is 3.42. The Hall–Kier alpha value is -0.630. The number of carbonyl (C=O) groups excluding carboxylic acids is 1. The number of halogens is 1. The average Bonchev–Trinajstić information content (AvgIpc) is 1.93. The zero-order valence-corrected chi connectivity index (χ0v) is 7.89. The Kier molecular flexibility index (Phi) is 2.83. The normalized spacial score (nSPS) is 9.64. The van der Waals surface area contributed by atoms with Gasteiger partial charge in [0.05, 0.1) is 0 Å². The van der Waals surface area contributed by atoms with Gasteiger partial charge in [0.1, 0.15) is 0 Å². The van der Waals surface area contributed by atoms with Crippen LogP contribution in [0.15, 0.2) is 24.3 Å². The molecule has 0 N–H and O–H groups in total. The predicted octanol–water partition coefficient (Wildman–Crippen LogP) is 2.46. The molecule has 0 bridgehead atoms. The van der Waals surface area contributed by atoms with Gasteiger partial charge in [-0.05, 0) is 28.4 Å². The highest BCUT2D eigenvalue weighted by atomic mass is 79.9. The summed E-state index contributed by atoms with van der Waals surface area (Å²) < 4.78 is 0.0290. The molecule has 0 radical (unpaired) electrons. The molecule has 2 heteroatoms. The van der Waals surface area contributed by atoms with Gasteiger partial charge in [-0.25, -0.2) is 0 Å². The molecule has 11 heavy (non-hydrogen) atoms. The van der Waals surface area contributed by atoms with E-state index in [4.69, 9.17) is 0 Å². The highest BCUT2D eigenvalue weighted by molar-refractivity contribution is 9.18. The molecule has 0 saturated heterocycles. The van der Waals surface area contributed by atoms with Crippen molar-refractivity contribution in [3.8, 4) is 0 Å². The fourth-order valence-corrected chi connectivity index (χ4v) is 1.19. The zero-order chi connectivity index (χ0) is 8.27. The van der Waals surface area contributed by atoms with E-state index >= 15 is 0 Å². The molecule has 1 nitrogen and oxygen atoms in total. The molecule has 0 aliphatic carbocycles. The minimum atomic E-state index is 0.0290. The molecular weight excluding hydrogens is 204 g/mol. The Labute approximate surface area is 74.6 Å². The van der Waals surface area contributed by atoms with E-state index in [1.807, 2.05) is 31.2 Å². The van der Waals surface area contributed by atoms with Crippen molar-refractivity contribution in [3.63, 3.8) is 0 Å². The van der Waals surface area contributed by atoms with Crippen LogP contribution in [0, 0.1) is 6.92 Å². The van der Waals surface area contributed by atoms with Gasteiger partial charge in [-0.1, -0.05) is 29.8 Å². The van der Waals surface area contributed by atoms with E-state index in [0.717, 1.165) is 5.56 Å². The van der Waals surface area contributed by atoms with Crippen LogP contribution in [0.5, 0.6) is 0 Å². The van der Waals surface area contributed by atoms with Crippen LogP contribution in [0.4, 0.5) is 0 Å². The highest BCUT2D eigenvalue weighted by Gasteiger charge is 1.96. The Morgan fingerprint density at radius 3 is 2.36 bits per heavy atom. The molecule has 0 aliphatic rings. The van der Waals surface area contributed by atoms with Gasteiger partial charge in [0.25, 0.3) is 0 Å². The molecule has 1 aromatic carbocycles. The third kappa shape index (κ3) is 2.85. The lowest BCUT2D eigenvalue weighted by Gasteiger charge is -1.96. The first kappa shape index (κ1) is 8.47. The Balaban J connectivity index is 2.74. The lowest BCUT2D eigenvalue weighted by molar-refractivity contribution is -0.109. The number of carbonyl (C=O) groups is 1. The van der Waals surface area contributed by atoms with Crippen LogP contribution in [-0.2, 0) is 11.2 Å². The number of hydrogen-bond acceptors (Lipinski definition) is 1. The summed E-state index contributed by atoms with van der Waals surface area (Å²) in [6.07, 6.45) is 0.472. The summed E-state index contributed by atoms with van der Waals surface area (Å²) in [6.45, 7) is 2.03. The van der Waals surface area contributed by atoms with Gasteiger partial charge < -0.3 is 0 Å². The molecule has 1 aromatic rings. The minimum absolute atomic E-state index is 0.0290. The predicted molar refractivity (Wildman–Crippen MR) is 48.8 cm³/mol. The fourth-order valence-electron chi connectivity index (χ4n) is 0.866. The van der Waals surface area contributed by atoms with E-state index in [0.29, 0.717) is 6.42 Å². The summed E-state index contributed by atoms with van der Waals surface area (Å²) >= 11 is 2.89. The second kappa shape index (κ2) is 3.67. The maximum Gasteiger partial charge on any atom is 0.202 e. The molecule has 0 aromatic heterocycles. The molecule has 58 valence electrons. The molecule has 0 aliphatic heterocycles. The standard InChI is InChI=1S/C9H9BrO/c1-7-2-4-8(5-3-7)6-9(10)11/h2-5H,6H2,1H3. The van der Waals surface area contributed by atoms with Gasteiger partial charge in [0, 0.05) is 6.42 Å². The second-order valence-electron chi connectivity index (χ2n) is 2.52. The lowest BCUT2D eigenvalue weighted by Crippen LogP contribution is -1.91. The molecule has 0 spiro atoms. The molecule has 0 saturated carbocycles. The first-order valence-corrected chi connectivity index (χ1v) is 4.21. The number of aryl methyl sites for hydroxylation is 1. The van der Waals surface area contributed by atoms with Crippen molar-refractivity contribution < 1.29 is 4.79 Å². The van der Waals surface area contributed by atoms with Crippen LogP contribution < -0.4 is 0 Å². The molecule has 0 amide bonds. The first-order chi connectivity index (χ1) is 5.18. The fraction of sp³-hybridized carbons (Fsp3) is 0.222. The summed E-state index contributed by atoms with van der Waals surface area (Å²) in [5.41, 5.74) is 2.27. The van der Waals surface area contributed by atoms with E-state index in [1.165, 1.54) is 5.56 Å². The van der Waals surface area contributed by atoms with Crippen molar-refractivity contribution in [2.75, 3.05) is 0 Å². The Morgan fingerprint density at radius 1 is 1.36 bits per heavy atom. The third-order valence-corrected chi connectivity index (χ3v) is 1.74. The van der Waals surface area contributed by atoms with Gasteiger partial charge in [-0.2, -0.15) is 0 Å². The number of benzene rings is 1. The molecular formula is C9H9BrO. The summed E-state index contributed by atoms with van der Waals surface area (Å²) in [5.74, 6) is 0. The second-order valence-corrected chi connectivity index (χ2v) is 3.40. The van der Waals surface area contributed by atoms with Gasteiger partial charge in [0.2, 0.25) is 4.69 Å². The zero-order valence-electron chi connectivity index (χ0n) is 6.30. The third-order valence-electron chi connectivity index (χ3n) is 1.46. The van der Waals surface area contributed by atoms with Crippen LogP contribution in [-0.4, -0.2) is 4.69 Å². The highest BCUT2D eigenvalue weighted by Crippen LogP contribution is 2.05. The van der Waals surface area contributed by atoms with E-state index in [-0.39, 0.29) is 4.69 Å². The van der Waals surface area contributed by atoms with Gasteiger partial charge in [0.15, 0.2) is 0 Å². The van der Waals surface area contributed by atoms with Crippen LogP contribution in [0.2, 0.25) is 0 Å². The van der Waals surface area contributed by atoms with Crippen molar-refractivity contribution >= 4 is 20.6 Å². The molecule has 0 fully saturated rings. The monoisotopic (exact) mass is 212 g/mol. The van der Waals surface area contributed by atoms with Gasteiger partial charge in [-0.3, -0.25) is 4.79 Å². The summed E-state index contributed by atoms with van der Waals surface area (Å²) in [7, 11) is 0. The average molecular weight is 213 g/mol. The summed E-state index contributed by atoms with van der Waals surface area (Å²) in [6, 6.07) is 7.94. The molecule has 0 heterocycles. The van der Waals surface area contributed by atoms with Crippen LogP contribution in [0.3, 0.4) is 0 Å². The van der Waals surface area contributed by atoms with E-state index < -0.39 is 0 Å². The largest absolute Gasteiger partial charge is 0.286 e. The maximum atomic E-state index is 10.6.